The van der Waals surface area contributed by atoms with E-state index < -0.39 is 0 Å². The molecule has 1 N–H and O–H groups in total. The van der Waals surface area contributed by atoms with E-state index in [1.165, 1.54) is 12.1 Å². The lowest BCUT2D eigenvalue weighted by Gasteiger charge is -2.04. The van der Waals surface area contributed by atoms with Crippen molar-refractivity contribution in [2.45, 2.75) is 13.1 Å². The third-order valence-electron chi connectivity index (χ3n) is 2.49. The molecule has 0 amide bonds. The van der Waals surface area contributed by atoms with Crippen molar-refractivity contribution in [1.29, 1.82) is 5.26 Å². The van der Waals surface area contributed by atoms with E-state index in [0.717, 1.165) is 11.3 Å². The molecule has 0 bridgehead atoms. The topological polar surface area (TPSA) is 53.6 Å². The van der Waals surface area contributed by atoms with Crippen LogP contribution in [-0.2, 0) is 20.1 Å². The van der Waals surface area contributed by atoms with Gasteiger partial charge in [0, 0.05) is 26.3 Å². The molecule has 0 aliphatic heterocycles. The number of aromatic nitrogens is 2. The van der Waals surface area contributed by atoms with Crippen molar-refractivity contribution < 1.29 is 4.39 Å². The Morgan fingerprint density at radius 1 is 1.39 bits per heavy atom. The minimum absolute atomic E-state index is 0.338. The number of nitrogens with zero attached hydrogens (tertiary/aromatic N) is 3. The Morgan fingerprint density at radius 2 is 2.22 bits per heavy atom. The molecule has 1 aromatic heterocycles. The summed E-state index contributed by atoms with van der Waals surface area (Å²) in [5.74, 6) is -0.385. The highest BCUT2D eigenvalue weighted by Crippen LogP contribution is 2.08. The van der Waals surface area contributed by atoms with E-state index in [4.69, 9.17) is 5.26 Å². The maximum absolute atomic E-state index is 13.2. The molecule has 4 nitrogen and oxygen atoms in total. The first-order chi connectivity index (χ1) is 8.67. The highest BCUT2D eigenvalue weighted by molar-refractivity contribution is 5.33. The zero-order valence-electron chi connectivity index (χ0n) is 10.0. The van der Waals surface area contributed by atoms with Crippen LogP contribution in [0.2, 0.25) is 0 Å². The van der Waals surface area contributed by atoms with Gasteiger partial charge in [-0.1, -0.05) is 0 Å². The van der Waals surface area contributed by atoms with E-state index in [0.29, 0.717) is 18.7 Å². The van der Waals surface area contributed by atoms with E-state index in [9.17, 15) is 4.39 Å². The Kier molecular flexibility index (Phi) is 3.70. The quantitative estimate of drug-likeness (QED) is 0.891. The second kappa shape index (κ2) is 5.43. The van der Waals surface area contributed by atoms with Crippen LogP contribution in [0.25, 0.3) is 0 Å². The van der Waals surface area contributed by atoms with E-state index >= 15 is 0 Å². The average Bonchev–Trinajstić information content (AvgIpc) is 2.74. The van der Waals surface area contributed by atoms with Crippen LogP contribution in [0.4, 0.5) is 4.39 Å². The Labute approximate surface area is 105 Å². The second-order valence-electron chi connectivity index (χ2n) is 4.04. The summed E-state index contributed by atoms with van der Waals surface area (Å²) in [7, 11) is 1.86. The van der Waals surface area contributed by atoms with E-state index in [1.54, 1.807) is 10.7 Å². The smallest absolute Gasteiger partial charge is 0.124 e. The number of hydrogen-bond acceptors (Lipinski definition) is 3. The Bertz CT molecular complexity index is 583. The van der Waals surface area contributed by atoms with Gasteiger partial charge in [0.25, 0.3) is 0 Å². The van der Waals surface area contributed by atoms with E-state index in [2.05, 4.69) is 10.4 Å². The molecule has 0 fully saturated rings. The predicted octanol–water partition coefficient (Wildman–Crippen LogP) is 1.72. The largest absolute Gasteiger partial charge is 0.307 e. The van der Waals surface area contributed by atoms with Gasteiger partial charge in [0.1, 0.15) is 5.82 Å². The van der Waals surface area contributed by atoms with Crippen LogP contribution in [0, 0.1) is 17.1 Å². The number of hydrogen-bond donors (Lipinski definition) is 1. The minimum Gasteiger partial charge on any atom is -0.307 e. The van der Waals surface area contributed by atoms with Gasteiger partial charge in [-0.3, -0.25) is 4.68 Å². The molecule has 18 heavy (non-hydrogen) atoms. The predicted molar refractivity (Wildman–Crippen MR) is 64.9 cm³/mol. The molecule has 92 valence electrons. The summed E-state index contributed by atoms with van der Waals surface area (Å²) in [5, 5.41) is 16.1. The fourth-order valence-electron chi connectivity index (χ4n) is 1.71. The van der Waals surface area contributed by atoms with Gasteiger partial charge in [-0.15, -0.1) is 0 Å². The lowest BCUT2D eigenvalue weighted by atomic mass is 10.1. The summed E-state index contributed by atoms with van der Waals surface area (Å²) in [6.45, 7) is 1.11. The lowest BCUT2D eigenvalue weighted by molar-refractivity contribution is 0.617. The van der Waals surface area contributed by atoms with Gasteiger partial charge in [0.2, 0.25) is 0 Å². The molecule has 0 saturated heterocycles. The van der Waals surface area contributed by atoms with Crippen LogP contribution in [-0.4, -0.2) is 9.78 Å². The molecule has 0 spiro atoms. The average molecular weight is 244 g/mol. The molecule has 0 atom stereocenters. The summed E-state index contributed by atoms with van der Waals surface area (Å²) in [4.78, 5) is 0. The number of benzene rings is 1. The fourth-order valence-corrected chi connectivity index (χ4v) is 1.71. The number of rotatable bonds is 4. The molecular formula is C13H13FN4. The minimum atomic E-state index is -0.385. The van der Waals surface area contributed by atoms with Crippen LogP contribution < -0.4 is 5.32 Å². The molecule has 1 heterocycles. The standard InChI is InChI=1S/C13H13FN4/c1-18-3-2-13(17-18)9-16-8-11-4-10(7-15)5-12(14)6-11/h2-6,16H,8-9H2,1H3. The zero-order valence-corrected chi connectivity index (χ0v) is 10.0. The van der Waals surface area contributed by atoms with Crippen molar-refractivity contribution in [1.82, 2.24) is 15.1 Å². The maximum atomic E-state index is 13.2. The first kappa shape index (κ1) is 12.3. The van der Waals surface area contributed by atoms with Gasteiger partial charge in [-0.05, 0) is 29.8 Å². The van der Waals surface area contributed by atoms with Gasteiger partial charge < -0.3 is 5.32 Å². The number of halogens is 1. The first-order valence-electron chi connectivity index (χ1n) is 5.56. The maximum Gasteiger partial charge on any atom is 0.124 e. The van der Waals surface area contributed by atoms with Crippen molar-refractivity contribution in [2.75, 3.05) is 0 Å². The zero-order chi connectivity index (χ0) is 13.0. The van der Waals surface area contributed by atoms with Crippen LogP contribution in [0.3, 0.4) is 0 Å². The van der Waals surface area contributed by atoms with Crippen molar-refractivity contribution in [3.63, 3.8) is 0 Å². The third kappa shape index (κ3) is 3.15. The summed E-state index contributed by atoms with van der Waals surface area (Å²) >= 11 is 0. The van der Waals surface area contributed by atoms with E-state index in [1.807, 2.05) is 25.4 Å². The number of nitrogens with one attached hydrogen (secondary N) is 1. The van der Waals surface area contributed by atoms with Gasteiger partial charge in [-0.25, -0.2) is 4.39 Å². The van der Waals surface area contributed by atoms with Gasteiger partial charge in [0.15, 0.2) is 0 Å². The van der Waals surface area contributed by atoms with Crippen molar-refractivity contribution in [3.05, 3.63) is 53.1 Å². The van der Waals surface area contributed by atoms with E-state index in [-0.39, 0.29) is 5.82 Å². The molecule has 2 rings (SSSR count). The molecule has 0 unspecified atom stereocenters. The molecular weight excluding hydrogens is 231 g/mol. The Balaban J connectivity index is 1.94. The van der Waals surface area contributed by atoms with Gasteiger partial charge in [-0.2, -0.15) is 10.4 Å². The molecule has 0 aliphatic carbocycles. The monoisotopic (exact) mass is 244 g/mol. The van der Waals surface area contributed by atoms with Crippen molar-refractivity contribution >= 4 is 0 Å². The normalized spacial score (nSPS) is 10.3. The highest BCUT2D eigenvalue weighted by Gasteiger charge is 2.01. The van der Waals surface area contributed by atoms with Crippen LogP contribution >= 0.6 is 0 Å². The van der Waals surface area contributed by atoms with Gasteiger partial charge in [0.05, 0.1) is 17.3 Å². The summed E-state index contributed by atoms with van der Waals surface area (Å²) in [6, 6.07) is 8.17. The third-order valence-corrected chi connectivity index (χ3v) is 2.49. The summed E-state index contributed by atoms with van der Waals surface area (Å²) in [5.41, 5.74) is 2.02. The molecule has 0 radical (unpaired) electrons. The second-order valence-corrected chi connectivity index (χ2v) is 4.04. The molecule has 0 saturated carbocycles. The Hall–Kier alpha value is -2.19. The van der Waals surface area contributed by atoms with Crippen molar-refractivity contribution in [2.24, 2.45) is 7.05 Å². The summed E-state index contributed by atoms with van der Waals surface area (Å²) in [6.07, 6.45) is 1.87. The van der Waals surface area contributed by atoms with Crippen LogP contribution in [0.1, 0.15) is 16.8 Å². The highest BCUT2D eigenvalue weighted by atomic mass is 19.1. The number of aryl methyl sites for hydroxylation is 1. The Morgan fingerprint density at radius 3 is 2.89 bits per heavy atom. The fraction of sp³-hybridized carbons (Fsp3) is 0.231. The van der Waals surface area contributed by atoms with Crippen molar-refractivity contribution in [3.8, 4) is 6.07 Å². The number of nitriles is 1. The lowest BCUT2D eigenvalue weighted by Crippen LogP contribution is -2.13. The molecule has 0 aliphatic rings. The summed E-state index contributed by atoms with van der Waals surface area (Å²) < 4.78 is 14.9. The first-order valence-corrected chi connectivity index (χ1v) is 5.56. The molecule has 2 aromatic rings. The van der Waals surface area contributed by atoms with Crippen LogP contribution in [0.5, 0.6) is 0 Å². The SMILES string of the molecule is Cn1ccc(CNCc2cc(F)cc(C#N)c2)n1. The molecule has 5 heteroatoms. The van der Waals surface area contributed by atoms with Crippen LogP contribution in [0.15, 0.2) is 30.5 Å². The van der Waals surface area contributed by atoms with Gasteiger partial charge >= 0.3 is 0 Å². The molecule has 1 aromatic carbocycles.